The number of aryl methyl sites for hydroxylation is 1. The first-order valence-electron chi connectivity index (χ1n) is 6.46. The Morgan fingerprint density at radius 3 is 2.80 bits per heavy atom. The first-order valence-corrected chi connectivity index (χ1v) is 6.46. The van der Waals surface area contributed by atoms with Crippen molar-refractivity contribution in [2.45, 2.75) is 27.2 Å². The molecule has 2 aromatic heterocycles. The molecule has 2 rings (SSSR count). The van der Waals surface area contributed by atoms with Gasteiger partial charge in [-0.1, -0.05) is 6.92 Å². The second-order valence-electron chi connectivity index (χ2n) is 4.50. The summed E-state index contributed by atoms with van der Waals surface area (Å²) in [4.78, 5) is 15.0. The van der Waals surface area contributed by atoms with E-state index in [4.69, 9.17) is 5.11 Å². The summed E-state index contributed by atoms with van der Waals surface area (Å²) >= 11 is 0. The van der Waals surface area contributed by atoms with Gasteiger partial charge in [0.2, 0.25) is 0 Å². The summed E-state index contributed by atoms with van der Waals surface area (Å²) in [5.41, 5.74) is 3.93. The molecule has 0 aliphatic carbocycles. The van der Waals surface area contributed by atoms with Gasteiger partial charge >= 0.3 is 5.97 Å². The zero-order valence-corrected chi connectivity index (χ0v) is 11.8. The van der Waals surface area contributed by atoms with Gasteiger partial charge in [-0.25, -0.2) is 14.5 Å². The van der Waals surface area contributed by atoms with E-state index in [1.165, 1.54) is 11.6 Å². The van der Waals surface area contributed by atoms with E-state index in [1.807, 2.05) is 19.9 Å². The van der Waals surface area contributed by atoms with Crippen LogP contribution in [0.2, 0.25) is 0 Å². The van der Waals surface area contributed by atoms with Crippen LogP contribution in [-0.2, 0) is 11.2 Å². The van der Waals surface area contributed by atoms with E-state index < -0.39 is 5.97 Å². The van der Waals surface area contributed by atoms with Crippen LogP contribution in [0.25, 0.3) is 11.9 Å². The number of carboxylic acid groups (broad SMARTS) is 1. The van der Waals surface area contributed by atoms with E-state index in [-0.39, 0.29) is 0 Å². The molecule has 2 heterocycles. The Morgan fingerprint density at radius 1 is 1.45 bits per heavy atom. The van der Waals surface area contributed by atoms with E-state index >= 15 is 0 Å². The van der Waals surface area contributed by atoms with E-state index in [0.29, 0.717) is 5.82 Å². The molecular weight excluding hydrogens is 254 g/mol. The second kappa shape index (κ2) is 5.69. The van der Waals surface area contributed by atoms with Gasteiger partial charge < -0.3 is 5.11 Å². The molecule has 0 atom stereocenters. The van der Waals surface area contributed by atoms with Crippen molar-refractivity contribution in [2.75, 3.05) is 0 Å². The van der Waals surface area contributed by atoms with Gasteiger partial charge in [0.1, 0.15) is 0 Å². The maximum atomic E-state index is 10.7. The molecule has 2 aromatic rings. The number of aromatic nitrogens is 3. The molecule has 5 nitrogen and oxygen atoms in total. The Morgan fingerprint density at radius 2 is 2.20 bits per heavy atom. The van der Waals surface area contributed by atoms with E-state index in [2.05, 4.69) is 17.0 Å². The SMILES string of the molecule is CCc1c(C)nn(-c2ncccc2/C=C/C(=O)O)c1C. The van der Waals surface area contributed by atoms with Gasteiger partial charge in [0.05, 0.1) is 5.69 Å². The largest absolute Gasteiger partial charge is 0.478 e. The lowest BCUT2D eigenvalue weighted by molar-refractivity contribution is -0.131. The fourth-order valence-corrected chi connectivity index (χ4v) is 2.27. The van der Waals surface area contributed by atoms with Gasteiger partial charge in [-0.3, -0.25) is 0 Å². The number of hydrogen-bond donors (Lipinski definition) is 1. The van der Waals surface area contributed by atoms with Crippen LogP contribution in [0.5, 0.6) is 0 Å². The van der Waals surface area contributed by atoms with Gasteiger partial charge in [0.15, 0.2) is 5.82 Å². The molecular formula is C15H17N3O2. The van der Waals surface area contributed by atoms with Crippen molar-refractivity contribution < 1.29 is 9.90 Å². The molecule has 0 aromatic carbocycles. The normalized spacial score (nSPS) is 11.2. The Kier molecular flexibility index (Phi) is 3.98. The number of rotatable bonds is 4. The summed E-state index contributed by atoms with van der Waals surface area (Å²) < 4.78 is 1.77. The highest BCUT2D eigenvalue weighted by molar-refractivity contribution is 5.85. The summed E-state index contributed by atoms with van der Waals surface area (Å²) in [6.07, 6.45) is 5.22. The number of carboxylic acids is 1. The predicted molar refractivity (Wildman–Crippen MR) is 76.9 cm³/mol. The second-order valence-corrected chi connectivity index (χ2v) is 4.50. The Labute approximate surface area is 117 Å². The monoisotopic (exact) mass is 271 g/mol. The van der Waals surface area contributed by atoms with Gasteiger partial charge in [-0.2, -0.15) is 5.10 Å². The first kappa shape index (κ1) is 14.0. The van der Waals surface area contributed by atoms with E-state index in [1.54, 1.807) is 16.9 Å². The molecule has 0 amide bonds. The Hall–Kier alpha value is -2.43. The third-order valence-electron chi connectivity index (χ3n) is 3.22. The third kappa shape index (κ3) is 2.61. The van der Waals surface area contributed by atoms with Crippen molar-refractivity contribution in [3.63, 3.8) is 0 Å². The van der Waals surface area contributed by atoms with Gasteiger partial charge in [-0.05, 0) is 44.0 Å². The standard InChI is InChI=1S/C15H17N3O2/c1-4-13-10(2)17-18(11(13)3)15-12(6-5-9-16-15)7-8-14(19)20/h5-9H,4H2,1-3H3,(H,19,20)/b8-7+. The minimum atomic E-state index is -0.984. The first-order chi connectivity index (χ1) is 9.54. The van der Waals surface area contributed by atoms with Crippen molar-refractivity contribution in [2.24, 2.45) is 0 Å². The number of pyridine rings is 1. The Balaban J connectivity index is 2.56. The van der Waals surface area contributed by atoms with Crippen LogP contribution in [0.3, 0.4) is 0 Å². The van der Waals surface area contributed by atoms with Crippen LogP contribution >= 0.6 is 0 Å². The highest BCUT2D eigenvalue weighted by Gasteiger charge is 2.13. The molecule has 0 saturated carbocycles. The lowest BCUT2D eigenvalue weighted by Crippen LogP contribution is -2.04. The average Bonchev–Trinajstić information content (AvgIpc) is 2.71. The maximum Gasteiger partial charge on any atom is 0.328 e. The van der Waals surface area contributed by atoms with Crippen LogP contribution in [0.4, 0.5) is 0 Å². The summed E-state index contributed by atoms with van der Waals surface area (Å²) in [6.45, 7) is 6.06. The fourth-order valence-electron chi connectivity index (χ4n) is 2.27. The molecule has 0 unspecified atom stereocenters. The average molecular weight is 271 g/mol. The molecule has 5 heteroatoms. The highest BCUT2D eigenvalue weighted by atomic mass is 16.4. The van der Waals surface area contributed by atoms with Crippen LogP contribution in [0, 0.1) is 13.8 Å². The summed E-state index contributed by atoms with van der Waals surface area (Å²) in [7, 11) is 0. The lowest BCUT2D eigenvalue weighted by Gasteiger charge is -2.07. The van der Waals surface area contributed by atoms with Gasteiger partial charge in [0.25, 0.3) is 0 Å². The molecule has 104 valence electrons. The summed E-state index contributed by atoms with van der Waals surface area (Å²) in [5, 5.41) is 13.3. The van der Waals surface area contributed by atoms with Gasteiger partial charge in [-0.15, -0.1) is 0 Å². The summed E-state index contributed by atoms with van der Waals surface area (Å²) in [6, 6.07) is 3.60. The molecule has 0 bridgehead atoms. The van der Waals surface area contributed by atoms with E-state index in [9.17, 15) is 4.79 Å². The smallest absolute Gasteiger partial charge is 0.328 e. The molecule has 20 heavy (non-hydrogen) atoms. The molecule has 0 aliphatic rings. The zero-order chi connectivity index (χ0) is 14.7. The third-order valence-corrected chi connectivity index (χ3v) is 3.22. The van der Waals surface area contributed by atoms with Crippen LogP contribution < -0.4 is 0 Å². The summed E-state index contributed by atoms with van der Waals surface area (Å²) in [5.74, 6) is -0.340. The predicted octanol–water partition coefficient (Wildman–Crippen LogP) is 2.54. The quantitative estimate of drug-likeness (QED) is 0.868. The van der Waals surface area contributed by atoms with Crippen molar-refractivity contribution in [1.29, 1.82) is 0 Å². The van der Waals surface area contributed by atoms with Crippen LogP contribution in [0.15, 0.2) is 24.4 Å². The van der Waals surface area contributed by atoms with Crippen LogP contribution in [0.1, 0.15) is 29.4 Å². The molecule has 0 spiro atoms. The van der Waals surface area contributed by atoms with Crippen molar-refractivity contribution >= 4 is 12.0 Å². The molecule has 0 saturated heterocycles. The number of hydrogen-bond acceptors (Lipinski definition) is 3. The van der Waals surface area contributed by atoms with Crippen molar-refractivity contribution in [3.8, 4) is 5.82 Å². The zero-order valence-electron chi connectivity index (χ0n) is 11.8. The van der Waals surface area contributed by atoms with Crippen LogP contribution in [-0.4, -0.2) is 25.8 Å². The topological polar surface area (TPSA) is 68.0 Å². The number of nitrogens with zero attached hydrogens (tertiary/aromatic N) is 3. The minimum Gasteiger partial charge on any atom is -0.478 e. The number of carbonyl (C=O) groups is 1. The van der Waals surface area contributed by atoms with E-state index in [0.717, 1.165) is 29.4 Å². The van der Waals surface area contributed by atoms with Crippen molar-refractivity contribution in [3.05, 3.63) is 46.9 Å². The number of aliphatic carboxylic acids is 1. The lowest BCUT2D eigenvalue weighted by atomic mass is 10.1. The molecule has 0 fully saturated rings. The minimum absolute atomic E-state index is 0.644. The molecule has 1 N–H and O–H groups in total. The highest BCUT2D eigenvalue weighted by Crippen LogP contribution is 2.20. The maximum absolute atomic E-state index is 10.7. The molecule has 0 aliphatic heterocycles. The Bertz CT molecular complexity index is 672. The molecule has 0 radical (unpaired) electrons. The van der Waals surface area contributed by atoms with Gasteiger partial charge in [0, 0.05) is 23.5 Å². The fraction of sp³-hybridized carbons (Fsp3) is 0.267. The van der Waals surface area contributed by atoms with Crippen molar-refractivity contribution in [1.82, 2.24) is 14.8 Å².